The Balaban J connectivity index is 1.65. The summed E-state index contributed by atoms with van der Waals surface area (Å²) in [7, 11) is 0. The lowest BCUT2D eigenvalue weighted by Crippen LogP contribution is -2.40. The fourth-order valence-corrected chi connectivity index (χ4v) is 4.13. The fraction of sp³-hybridized carbons (Fsp3) is 0.353. The molecule has 0 saturated heterocycles. The highest BCUT2D eigenvalue weighted by Crippen LogP contribution is 2.39. The first-order valence-corrected chi connectivity index (χ1v) is 8.42. The lowest BCUT2D eigenvalue weighted by Gasteiger charge is -2.40. The molecule has 1 atom stereocenters. The van der Waals surface area contributed by atoms with E-state index in [1.165, 1.54) is 34.6 Å². The van der Waals surface area contributed by atoms with Crippen LogP contribution in [0, 0.1) is 0 Å². The second kappa shape index (κ2) is 5.19. The number of hydrogen-bond donors (Lipinski definition) is 1. The number of aryl methyl sites for hydroxylation is 1. The zero-order valence-electron chi connectivity index (χ0n) is 11.8. The van der Waals surface area contributed by atoms with Gasteiger partial charge >= 0.3 is 0 Å². The Morgan fingerprint density at radius 1 is 1.24 bits per heavy atom. The molecule has 0 bridgehead atoms. The van der Waals surface area contributed by atoms with Crippen molar-refractivity contribution in [3.63, 3.8) is 0 Å². The molecule has 2 aliphatic rings. The monoisotopic (exact) mass is 298 g/mol. The predicted molar refractivity (Wildman–Crippen MR) is 86.1 cm³/mol. The number of thiophene rings is 1. The molecular weight excluding hydrogens is 280 g/mol. The van der Waals surface area contributed by atoms with Crippen molar-refractivity contribution in [1.82, 2.24) is 5.32 Å². The highest BCUT2D eigenvalue weighted by molar-refractivity contribution is 7.12. The largest absolute Gasteiger partial charge is 0.371 e. The second-order valence-corrected chi connectivity index (χ2v) is 6.69. The minimum atomic E-state index is 0.0527. The molecule has 0 aliphatic carbocycles. The van der Waals surface area contributed by atoms with Gasteiger partial charge in [-0.2, -0.15) is 0 Å². The zero-order chi connectivity index (χ0) is 14.2. The summed E-state index contributed by atoms with van der Waals surface area (Å²) in [6, 6.07) is 10.5. The Hall–Kier alpha value is -1.81. The van der Waals surface area contributed by atoms with Gasteiger partial charge in [-0.3, -0.25) is 4.79 Å². The average molecular weight is 298 g/mol. The molecular formula is C17H18N2OS. The van der Waals surface area contributed by atoms with E-state index in [9.17, 15) is 4.79 Å². The molecule has 4 rings (SSSR count). The van der Waals surface area contributed by atoms with Gasteiger partial charge in [0.05, 0.1) is 10.9 Å². The molecule has 4 heteroatoms. The van der Waals surface area contributed by atoms with Crippen molar-refractivity contribution in [2.24, 2.45) is 0 Å². The maximum atomic E-state index is 12.3. The molecule has 0 fully saturated rings. The molecule has 1 amide bonds. The van der Waals surface area contributed by atoms with Gasteiger partial charge in [-0.1, -0.05) is 24.3 Å². The molecule has 1 aromatic carbocycles. The van der Waals surface area contributed by atoms with Gasteiger partial charge in [0, 0.05) is 18.8 Å². The van der Waals surface area contributed by atoms with E-state index in [0.717, 1.165) is 30.8 Å². The number of para-hydroxylation sites is 1. The molecule has 1 N–H and O–H groups in total. The summed E-state index contributed by atoms with van der Waals surface area (Å²) in [6.45, 7) is 2.19. The van der Waals surface area contributed by atoms with Crippen LogP contribution in [0.5, 0.6) is 0 Å². The van der Waals surface area contributed by atoms with E-state index < -0.39 is 0 Å². The van der Waals surface area contributed by atoms with Crippen LogP contribution in [-0.4, -0.2) is 19.0 Å². The third-order valence-corrected chi connectivity index (χ3v) is 5.32. The number of hydrogen-bond acceptors (Lipinski definition) is 3. The smallest absolute Gasteiger partial charge is 0.261 e. The second-order valence-electron chi connectivity index (χ2n) is 5.74. The van der Waals surface area contributed by atoms with Crippen molar-refractivity contribution >= 4 is 22.9 Å². The Bertz CT molecular complexity index is 665. The van der Waals surface area contributed by atoms with Crippen molar-refractivity contribution in [1.29, 1.82) is 0 Å². The molecule has 3 nitrogen and oxygen atoms in total. The van der Waals surface area contributed by atoms with Crippen LogP contribution in [0.25, 0.3) is 0 Å². The Morgan fingerprint density at radius 2 is 2.19 bits per heavy atom. The predicted octanol–water partition coefficient (Wildman–Crippen LogP) is 3.38. The first-order chi connectivity index (χ1) is 10.3. The first-order valence-electron chi connectivity index (χ1n) is 7.54. The molecule has 0 radical (unpaired) electrons. The summed E-state index contributed by atoms with van der Waals surface area (Å²) in [5.41, 5.74) is 4.11. The normalized spacial score (nSPS) is 20.0. The van der Waals surface area contributed by atoms with E-state index in [1.807, 2.05) is 17.5 Å². The van der Waals surface area contributed by atoms with Crippen molar-refractivity contribution in [2.75, 3.05) is 18.0 Å². The van der Waals surface area contributed by atoms with Crippen LogP contribution in [-0.2, 0) is 6.42 Å². The van der Waals surface area contributed by atoms with Crippen LogP contribution in [0.2, 0.25) is 0 Å². The van der Waals surface area contributed by atoms with Crippen LogP contribution in [0.1, 0.15) is 39.7 Å². The summed E-state index contributed by atoms with van der Waals surface area (Å²) in [6.07, 6.45) is 3.39. The molecule has 0 saturated carbocycles. The van der Waals surface area contributed by atoms with Gasteiger partial charge in [-0.05, 0) is 41.8 Å². The molecule has 0 spiro atoms. The lowest BCUT2D eigenvalue weighted by molar-refractivity contribution is 0.0938. The lowest BCUT2D eigenvalue weighted by atomic mass is 9.89. The number of nitrogens with zero attached hydrogens (tertiary/aromatic N) is 1. The highest BCUT2D eigenvalue weighted by Gasteiger charge is 2.30. The fourth-order valence-electron chi connectivity index (χ4n) is 3.50. The molecule has 2 aromatic rings. The number of anilines is 1. The number of carbonyl (C=O) groups excluding carboxylic acids is 1. The van der Waals surface area contributed by atoms with E-state index in [-0.39, 0.29) is 11.9 Å². The summed E-state index contributed by atoms with van der Waals surface area (Å²) in [5.74, 6) is 0.0527. The topological polar surface area (TPSA) is 32.3 Å². The summed E-state index contributed by atoms with van der Waals surface area (Å²) in [5, 5.41) is 5.16. The molecule has 3 heterocycles. The Labute approximate surface area is 128 Å². The van der Waals surface area contributed by atoms with Gasteiger partial charge < -0.3 is 10.2 Å². The number of benzene rings is 1. The van der Waals surface area contributed by atoms with Crippen molar-refractivity contribution in [3.05, 3.63) is 51.7 Å². The van der Waals surface area contributed by atoms with Crippen molar-refractivity contribution < 1.29 is 4.79 Å². The molecule has 108 valence electrons. The van der Waals surface area contributed by atoms with Gasteiger partial charge in [0.2, 0.25) is 0 Å². The van der Waals surface area contributed by atoms with Crippen LogP contribution >= 0.6 is 11.3 Å². The quantitative estimate of drug-likeness (QED) is 0.922. The Kier molecular flexibility index (Phi) is 3.19. The van der Waals surface area contributed by atoms with Crippen LogP contribution < -0.4 is 10.2 Å². The third kappa shape index (κ3) is 2.23. The maximum absolute atomic E-state index is 12.3. The minimum Gasteiger partial charge on any atom is -0.371 e. The molecule has 2 aliphatic heterocycles. The van der Waals surface area contributed by atoms with E-state index in [0.29, 0.717) is 0 Å². The maximum Gasteiger partial charge on any atom is 0.261 e. The number of rotatable bonds is 2. The van der Waals surface area contributed by atoms with Gasteiger partial charge in [0.25, 0.3) is 5.91 Å². The third-order valence-electron chi connectivity index (χ3n) is 4.45. The van der Waals surface area contributed by atoms with Crippen molar-refractivity contribution in [3.8, 4) is 0 Å². The van der Waals surface area contributed by atoms with Crippen molar-refractivity contribution in [2.45, 2.75) is 25.3 Å². The molecule has 0 unspecified atom stereocenters. The molecule has 1 aromatic heterocycles. The minimum absolute atomic E-state index is 0.0527. The van der Waals surface area contributed by atoms with Gasteiger partial charge in [-0.15, -0.1) is 11.3 Å². The summed E-state index contributed by atoms with van der Waals surface area (Å²) < 4.78 is 0. The number of amides is 1. The van der Waals surface area contributed by atoms with Crippen LogP contribution in [0.3, 0.4) is 0 Å². The van der Waals surface area contributed by atoms with E-state index in [1.54, 1.807) is 0 Å². The first kappa shape index (κ1) is 12.9. The van der Waals surface area contributed by atoms with Gasteiger partial charge in [0.1, 0.15) is 0 Å². The standard InChI is InChI=1S/C17H18N2OS/c20-17(15-7-3-11-21-15)18-14-8-10-19-9-2-5-12-4-1-6-13(14)16(12)19/h1,3-4,6-7,11,14H,2,5,8-10H2,(H,18,20)/t14-/m0/s1. The highest BCUT2D eigenvalue weighted by atomic mass is 32.1. The van der Waals surface area contributed by atoms with E-state index in [4.69, 9.17) is 0 Å². The van der Waals surface area contributed by atoms with Crippen LogP contribution in [0.4, 0.5) is 5.69 Å². The van der Waals surface area contributed by atoms with E-state index in [2.05, 4.69) is 28.4 Å². The van der Waals surface area contributed by atoms with E-state index >= 15 is 0 Å². The SMILES string of the molecule is O=C(N[C@H]1CCN2CCCc3cccc1c32)c1cccs1. The summed E-state index contributed by atoms with van der Waals surface area (Å²) in [4.78, 5) is 15.6. The number of carbonyl (C=O) groups is 1. The average Bonchev–Trinajstić information content (AvgIpc) is 3.05. The summed E-state index contributed by atoms with van der Waals surface area (Å²) >= 11 is 1.50. The zero-order valence-corrected chi connectivity index (χ0v) is 12.7. The molecule has 21 heavy (non-hydrogen) atoms. The van der Waals surface area contributed by atoms with Gasteiger partial charge in [0.15, 0.2) is 0 Å². The number of nitrogens with one attached hydrogen (secondary N) is 1. The Morgan fingerprint density at radius 3 is 3.05 bits per heavy atom. The van der Waals surface area contributed by atoms with Crippen LogP contribution in [0.15, 0.2) is 35.7 Å². The van der Waals surface area contributed by atoms with Gasteiger partial charge in [-0.25, -0.2) is 0 Å².